The Kier molecular flexibility index (Phi) is 5.42. The van der Waals surface area contributed by atoms with Crippen LogP contribution in [0.5, 0.6) is 0 Å². The van der Waals surface area contributed by atoms with Gasteiger partial charge in [0.1, 0.15) is 4.90 Å². The van der Waals surface area contributed by atoms with Crippen molar-refractivity contribution in [2.75, 3.05) is 18.6 Å². The predicted octanol–water partition coefficient (Wildman–Crippen LogP) is 1.13. The fourth-order valence-corrected chi connectivity index (χ4v) is 3.57. The molecule has 2 N–H and O–H groups in total. The molecule has 1 unspecified atom stereocenters. The van der Waals surface area contributed by atoms with Crippen molar-refractivity contribution >= 4 is 33.4 Å². The monoisotopic (exact) mass is 310 g/mol. The van der Waals surface area contributed by atoms with Crippen molar-refractivity contribution in [3.8, 4) is 0 Å². The molecule has 1 heterocycles. The zero-order valence-corrected chi connectivity index (χ0v) is 12.4. The minimum atomic E-state index is -3.76. The van der Waals surface area contributed by atoms with E-state index in [1.807, 2.05) is 6.26 Å². The molecule has 0 aliphatic carbocycles. The number of pyridine rings is 1. The van der Waals surface area contributed by atoms with Crippen LogP contribution in [-0.2, 0) is 10.0 Å². The summed E-state index contributed by atoms with van der Waals surface area (Å²) in [5.74, 6) is 0.427. The highest BCUT2D eigenvalue weighted by atomic mass is 35.5. The first kappa shape index (κ1) is 15.7. The van der Waals surface area contributed by atoms with Crippen LogP contribution in [0.1, 0.15) is 6.92 Å². The second-order valence-corrected chi connectivity index (χ2v) is 7.07. The topological polar surface area (TPSA) is 79.3 Å². The van der Waals surface area contributed by atoms with E-state index in [1.54, 1.807) is 6.92 Å². The van der Waals surface area contributed by atoms with Gasteiger partial charge < -0.3 is 5.11 Å². The average Bonchev–Trinajstić information content (AvgIpc) is 2.27. The van der Waals surface area contributed by atoms with Crippen molar-refractivity contribution in [2.24, 2.45) is 0 Å². The van der Waals surface area contributed by atoms with Crippen LogP contribution in [0, 0.1) is 0 Å². The first-order valence-corrected chi connectivity index (χ1v) is 8.34. The summed E-state index contributed by atoms with van der Waals surface area (Å²) >= 11 is 7.23. The number of aromatic nitrogens is 1. The normalized spacial score (nSPS) is 15.3. The van der Waals surface area contributed by atoms with Gasteiger partial charge in [-0.15, -0.1) is 0 Å². The van der Waals surface area contributed by atoms with Crippen LogP contribution in [0.15, 0.2) is 23.4 Å². The van der Waals surface area contributed by atoms with Crippen molar-refractivity contribution < 1.29 is 13.5 Å². The van der Waals surface area contributed by atoms with Crippen molar-refractivity contribution in [3.05, 3.63) is 23.5 Å². The van der Waals surface area contributed by atoms with Gasteiger partial charge in [-0.3, -0.25) is 4.98 Å². The molecule has 0 spiro atoms. The maximum Gasteiger partial charge on any atom is 0.243 e. The highest BCUT2D eigenvalue weighted by Crippen LogP contribution is 2.19. The lowest BCUT2D eigenvalue weighted by Gasteiger charge is -2.22. The number of hydrogen-bond acceptors (Lipinski definition) is 5. The predicted molar refractivity (Wildman–Crippen MR) is 73.4 cm³/mol. The van der Waals surface area contributed by atoms with Gasteiger partial charge in [-0.25, -0.2) is 13.1 Å². The summed E-state index contributed by atoms with van der Waals surface area (Å²) in [6.45, 7) is 1.48. The van der Waals surface area contributed by atoms with Crippen LogP contribution >= 0.6 is 23.4 Å². The van der Waals surface area contributed by atoms with Gasteiger partial charge in [0.15, 0.2) is 0 Å². The molecule has 1 aromatic rings. The summed E-state index contributed by atoms with van der Waals surface area (Å²) in [5.41, 5.74) is -1.11. The van der Waals surface area contributed by atoms with Gasteiger partial charge in [0.2, 0.25) is 10.0 Å². The molecule has 18 heavy (non-hydrogen) atoms. The molecule has 0 bridgehead atoms. The number of nitrogens with zero attached hydrogens (tertiary/aromatic N) is 1. The Bertz CT molecular complexity index is 506. The van der Waals surface area contributed by atoms with E-state index in [2.05, 4.69) is 9.71 Å². The third kappa shape index (κ3) is 4.40. The fourth-order valence-electron chi connectivity index (χ4n) is 1.25. The summed E-state index contributed by atoms with van der Waals surface area (Å²) in [5, 5.41) is 10.00. The van der Waals surface area contributed by atoms with Crippen LogP contribution in [-0.4, -0.2) is 42.7 Å². The molecule has 0 aliphatic rings. The fraction of sp³-hybridized carbons (Fsp3) is 0.500. The zero-order valence-electron chi connectivity index (χ0n) is 10.1. The van der Waals surface area contributed by atoms with Gasteiger partial charge in [0, 0.05) is 24.7 Å². The molecule has 102 valence electrons. The average molecular weight is 311 g/mol. The number of thioether (sulfide) groups is 1. The van der Waals surface area contributed by atoms with E-state index in [0.29, 0.717) is 5.75 Å². The largest absolute Gasteiger partial charge is 0.388 e. The summed E-state index contributed by atoms with van der Waals surface area (Å²) < 4.78 is 26.2. The van der Waals surface area contributed by atoms with Gasteiger partial charge in [0.25, 0.3) is 0 Å². The van der Waals surface area contributed by atoms with Gasteiger partial charge in [-0.05, 0) is 19.2 Å². The molecule has 0 saturated carbocycles. The SMILES string of the molecule is CSCC(C)(O)CNS(=O)(=O)c1cnccc1Cl. The zero-order chi connectivity index (χ0) is 13.8. The Morgan fingerprint density at radius 2 is 2.28 bits per heavy atom. The van der Waals surface area contributed by atoms with E-state index >= 15 is 0 Å². The summed E-state index contributed by atoms with van der Waals surface area (Å²) in [6.07, 6.45) is 4.42. The number of rotatable bonds is 6. The summed E-state index contributed by atoms with van der Waals surface area (Å²) in [6, 6.07) is 1.40. The molecular weight excluding hydrogens is 296 g/mol. The molecule has 1 rings (SSSR count). The second kappa shape index (κ2) is 6.21. The number of halogens is 1. The van der Waals surface area contributed by atoms with Crippen LogP contribution in [0.4, 0.5) is 0 Å². The van der Waals surface area contributed by atoms with Crippen molar-refractivity contribution in [3.63, 3.8) is 0 Å². The molecule has 0 fully saturated rings. The van der Waals surface area contributed by atoms with E-state index in [0.717, 1.165) is 0 Å². The van der Waals surface area contributed by atoms with Crippen LogP contribution in [0.2, 0.25) is 5.02 Å². The Morgan fingerprint density at radius 3 is 2.83 bits per heavy atom. The van der Waals surface area contributed by atoms with E-state index in [4.69, 9.17) is 11.6 Å². The minimum absolute atomic E-state index is 0.0819. The van der Waals surface area contributed by atoms with Crippen LogP contribution in [0.3, 0.4) is 0 Å². The van der Waals surface area contributed by atoms with Crippen molar-refractivity contribution in [2.45, 2.75) is 17.4 Å². The molecule has 0 aromatic carbocycles. The molecule has 0 aliphatic heterocycles. The first-order chi connectivity index (χ1) is 8.28. The molecule has 1 aromatic heterocycles. The Balaban J connectivity index is 2.81. The molecular formula is C10H15ClN2O3S2. The van der Waals surface area contributed by atoms with E-state index in [9.17, 15) is 13.5 Å². The molecule has 1 atom stereocenters. The molecule has 0 radical (unpaired) electrons. The molecule has 0 saturated heterocycles. The van der Waals surface area contributed by atoms with Crippen molar-refractivity contribution in [1.29, 1.82) is 0 Å². The Labute approximate surface area is 116 Å². The van der Waals surface area contributed by atoms with E-state index < -0.39 is 15.6 Å². The summed E-state index contributed by atoms with van der Waals surface area (Å²) in [4.78, 5) is 3.63. The summed E-state index contributed by atoms with van der Waals surface area (Å²) in [7, 11) is -3.76. The molecule has 8 heteroatoms. The number of nitrogens with one attached hydrogen (secondary N) is 1. The lowest BCUT2D eigenvalue weighted by molar-refractivity contribution is 0.0908. The highest BCUT2D eigenvalue weighted by molar-refractivity contribution is 7.98. The maximum atomic E-state index is 12.0. The van der Waals surface area contributed by atoms with Crippen LogP contribution in [0.25, 0.3) is 0 Å². The molecule has 5 nitrogen and oxygen atoms in total. The van der Waals surface area contributed by atoms with Crippen LogP contribution < -0.4 is 4.72 Å². The smallest absolute Gasteiger partial charge is 0.243 e. The number of hydrogen-bond donors (Lipinski definition) is 2. The number of aliphatic hydroxyl groups is 1. The third-order valence-corrected chi connectivity index (χ3v) is 4.90. The van der Waals surface area contributed by atoms with Gasteiger partial charge in [0.05, 0.1) is 10.6 Å². The Hall–Kier alpha value is -0.340. The Morgan fingerprint density at radius 1 is 1.61 bits per heavy atom. The quantitative estimate of drug-likeness (QED) is 0.823. The van der Waals surface area contributed by atoms with E-state index in [1.165, 1.54) is 30.2 Å². The lowest BCUT2D eigenvalue weighted by atomic mass is 10.1. The minimum Gasteiger partial charge on any atom is -0.388 e. The first-order valence-electron chi connectivity index (χ1n) is 5.09. The lowest BCUT2D eigenvalue weighted by Crippen LogP contribution is -2.42. The van der Waals surface area contributed by atoms with Gasteiger partial charge in [-0.2, -0.15) is 11.8 Å². The van der Waals surface area contributed by atoms with E-state index in [-0.39, 0.29) is 16.5 Å². The molecule has 0 amide bonds. The second-order valence-electron chi connectivity index (χ2n) is 4.06. The van der Waals surface area contributed by atoms with Gasteiger partial charge >= 0.3 is 0 Å². The van der Waals surface area contributed by atoms with Crippen molar-refractivity contribution in [1.82, 2.24) is 9.71 Å². The standard InChI is InChI=1S/C10H15ClN2O3S2/c1-10(14,7-17-2)6-13-18(15,16)9-5-12-4-3-8(9)11/h3-5,13-14H,6-7H2,1-2H3. The van der Waals surface area contributed by atoms with Gasteiger partial charge in [-0.1, -0.05) is 11.6 Å². The number of sulfonamides is 1. The highest BCUT2D eigenvalue weighted by Gasteiger charge is 2.25. The third-order valence-electron chi connectivity index (χ3n) is 2.12. The maximum absolute atomic E-state index is 12.0.